The molecule has 27 heavy (non-hydrogen) atoms. The highest BCUT2D eigenvalue weighted by molar-refractivity contribution is 5.72. The lowest BCUT2D eigenvalue weighted by Gasteiger charge is -2.21. The van der Waals surface area contributed by atoms with Crippen LogP contribution in [0.25, 0.3) is 11.1 Å². The van der Waals surface area contributed by atoms with E-state index in [9.17, 15) is 0 Å². The van der Waals surface area contributed by atoms with Gasteiger partial charge in [0.2, 0.25) is 5.89 Å². The summed E-state index contributed by atoms with van der Waals surface area (Å²) in [6.07, 6.45) is 2.99. The SMILES string of the molecule is CC(c1nc2ccccc2o1)N1CCC(Oc2ccnc(CN(C)C)c2)C1. The predicted molar refractivity (Wildman–Crippen MR) is 105 cm³/mol. The van der Waals surface area contributed by atoms with Crippen molar-refractivity contribution in [1.29, 1.82) is 0 Å². The Hall–Kier alpha value is -2.44. The molecular weight excluding hydrogens is 340 g/mol. The summed E-state index contributed by atoms with van der Waals surface area (Å²) < 4.78 is 12.2. The second-order valence-electron chi connectivity index (χ2n) is 7.44. The lowest BCUT2D eigenvalue weighted by atomic mass is 10.3. The third-order valence-corrected chi connectivity index (χ3v) is 4.96. The fraction of sp³-hybridized carbons (Fsp3) is 0.429. The Bertz CT molecular complexity index is 875. The molecule has 142 valence electrons. The number of nitrogens with zero attached hydrogens (tertiary/aromatic N) is 4. The van der Waals surface area contributed by atoms with Crippen molar-refractivity contribution in [3.63, 3.8) is 0 Å². The number of fused-ring (bicyclic) bond motifs is 1. The summed E-state index contributed by atoms with van der Waals surface area (Å²) in [6.45, 7) is 4.79. The maximum Gasteiger partial charge on any atom is 0.212 e. The van der Waals surface area contributed by atoms with Crippen LogP contribution >= 0.6 is 0 Å². The topological polar surface area (TPSA) is 54.6 Å². The lowest BCUT2D eigenvalue weighted by molar-refractivity contribution is 0.172. The molecular formula is C21H26N4O2. The molecule has 0 radical (unpaired) electrons. The van der Waals surface area contributed by atoms with Gasteiger partial charge < -0.3 is 14.1 Å². The average molecular weight is 366 g/mol. The third-order valence-electron chi connectivity index (χ3n) is 4.96. The summed E-state index contributed by atoms with van der Waals surface area (Å²) in [6, 6.07) is 12.0. The molecule has 2 aromatic heterocycles. The minimum absolute atomic E-state index is 0.132. The smallest absolute Gasteiger partial charge is 0.212 e. The zero-order valence-corrected chi connectivity index (χ0v) is 16.1. The Balaban J connectivity index is 1.39. The van der Waals surface area contributed by atoms with Gasteiger partial charge in [0.1, 0.15) is 17.4 Å². The van der Waals surface area contributed by atoms with Crippen molar-refractivity contribution in [1.82, 2.24) is 19.8 Å². The highest BCUT2D eigenvalue weighted by Gasteiger charge is 2.30. The maximum atomic E-state index is 6.22. The lowest BCUT2D eigenvalue weighted by Crippen LogP contribution is -2.27. The Labute approximate surface area is 159 Å². The van der Waals surface area contributed by atoms with E-state index in [4.69, 9.17) is 9.15 Å². The van der Waals surface area contributed by atoms with Gasteiger partial charge in [-0.25, -0.2) is 4.98 Å². The van der Waals surface area contributed by atoms with E-state index in [-0.39, 0.29) is 12.1 Å². The number of pyridine rings is 1. The first-order valence-electron chi connectivity index (χ1n) is 9.44. The Morgan fingerprint density at radius 2 is 2.15 bits per heavy atom. The molecule has 0 aliphatic carbocycles. The van der Waals surface area contributed by atoms with Crippen LogP contribution in [0.2, 0.25) is 0 Å². The van der Waals surface area contributed by atoms with Crippen LogP contribution in [0.1, 0.15) is 31.0 Å². The van der Waals surface area contributed by atoms with E-state index in [1.165, 1.54) is 0 Å². The number of hydrogen-bond donors (Lipinski definition) is 0. The molecule has 0 spiro atoms. The molecule has 0 amide bonds. The first kappa shape index (κ1) is 17.9. The second-order valence-corrected chi connectivity index (χ2v) is 7.44. The highest BCUT2D eigenvalue weighted by atomic mass is 16.5. The highest BCUT2D eigenvalue weighted by Crippen LogP contribution is 2.28. The van der Waals surface area contributed by atoms with Crippen molar-refractivity contribution in [3.05, 3.63) is 54.2 Å². The van der Waals surface area contributed by atoms with Crippen LogP contribution in [-0.2, 0) is 6.54 Å². The fourth-order valence-electron chi connectivity index (χ4n) is 3.56. The molecule has 2 atom stereocenters. The first-order chi connectivity index (χ1) is 13.1. The van der Waals surface area contributed by atoms with Crippen molar-refractivity contribution in [2.45, 2.75) is 32.0 Å². The number of rotatable bonds is 6. The largest absolute Gasteiger partial charge is 0.489 e. The van der Waals surface area contributed by atoms with Gasteiger partial charge in [-0.2, -0.15) is 0 Å². The monoisotopic (exact) mass is 366 g/mol. The van der Waals surface area contributed by atoms with Gasteiger partial charge in [0.05, 0.1) is 11.7 Å². The van der Waals surface area contributed by atoms with E-state index in [1.807, 2.05) is 56.7 Å². The zero-order chi connectivity index (χ0) is 18.8. The molecule has 0 bridgehead atoms. The molecule has 1 saturated heterocycles. The summed E-state index contributed by atoms with van der Waals surface area (Å²) in [4.78, 5) is 13.5. The molecule has 1 aromatic carbocycles. The van der Waals surface area contributed by atoms with E-state index in [0.29, 0.717) is 0 Å². The van der Waals surface area contributed by atoms with Crippen LogP contribution in [0, 0.1) is 0 Å². The van der Waals surface area contributed by atoms with Crippen LogP contribution < -0.4 is 4.74 Å². The van der Waals surface area contributed by atoms with Gasteiger partial charge in [-0.1, -0.05) is 12.1 Å². The number of hydrogen-bond acceptors (Lipinski definition) is 6. The average Bonchev–Trinajstić information content (AvgIpc) is 3.27. The predicted octanol–water partition coefficient (Wildman–Crippen LogP) is 3.50. The summed E-state index contributed by atoms with van der Waals surface area (Å²) in [5.41, 5.74) is 2.78. The molecule has 1 fully saturated rings. The molecule has 2 unspecified atom stereocenters. The third kappa shape index (κ3) is 4.12. The molecule has 1 aliphatic rings. The first-order valence-corrected chi connectivity index (χ1v) is 9.44. The number of ether oxygens (including phenoxy) is 1. The summed E-state index contributed by atoms with van der Waals surface area (Å²) >= 11 is 0. The van der Waals surface area contributed by atoms with Crippen LogP contribution in [-0.4, -0.2) is 53.1 Å². The summed E-state index contributed by atoms with van der Waals surface area (Å²) in [5.74, 6) is 1.66. The van der Waals surface area contributed by atoms with Gasteiger partial charge in [-0.15, -0.1) is 0 Å². The van der Waals surface area contributed by atoms with Crippen LogP contribution in [0.4, 0.5) is 0 Å². The van der Waals surface area contributed by atoms with E-state index >= 15 is 0 Å². The van der Waals surface area contributed by atoms with Crippen molar-refractivity contribution in [2.24, 2.45) is 0 Å². The number of para-hydroxylation sites is 2. The van der Waals surface area contributed by atoms with Crippen LogP contribution in [0.5, 0.6) is 5.75 Å². The normalized spacial score (nSPS) is 19.0. The van der Waals surface area contributed by atoms with E-state index in [2.05, 4.69) is 26.7 Å². The number of oxazole rings is 1. The van der Waals surface area contributed by atoms with Crippen molar-refractivity contribution < 1.29 is 9.15 Å². The molecule has 6 heteroatoms. The van der Waals surface area contributed by atoms with E-state index < -0.39 is 0 Å². The summed E-state index contributed by atoms with van der Waals surface area (Å²) in [5, 5.41) is 0. The van der Waals surface area contributed by atoms with E-state index in [1.54, 1.807) is 0 Å². The fourth-order valence-corrected chi connectivity index (χ4v) is 3.56. The number of aromatic nitrogens is 2. The molecule has 3 heterocycles. The van der Waals surface area contributed by atoms with Gasteiger partial charge >= 0.3 is 0 Å². The van der Waals surface area contributed by atoms with Crippen molar-refractivity contribution in [2.75, 3.05) is 27.2 Å². The number of likely N-dealkylation sites (tertiary alicyclic amines) is 1. The van der Waals surface area contributed by atoms with Gasteiger partial charge in [0.15, 0.2) is 5.58 Å². The van der Waals surface area contributed by atoms with Crippen LogP contribution in [0.3, 0.4) is 0 Å². The van der Waals surface area contributed by atoms with Gasteiger partial charge in [0.25, 0.3) is 0 Å². The van der Waals surface area contributed by atoms with Gasteiger partial charge in [-0.05, 0) is 45.6 Å². The van der Waals surface area contributed by atoms with E-state index in [0.717, 1.165) is 54.5 Å². The molecule has 0 saturated carbocycles. The second kappa shape index (κ2) is 7.66. The molecule has 1 aliphatic heterocycles. The van der Waals surface area contributed by atoms with Crippen molar-refractivity contribution >= 4 is 11.1 Å². The molecule has 4 rings (SSSR count). The van der Waals surface area contributed by atoms with Gasteiger partial charge in [-0.3, -0.25) is 9.88 Å². The zero-order valence-electron chi connectivity index (χ0n) is 16.1. The quantitative estimate of drug-likeness (QED) is 0.666. The summed E-state index contributed by atoms with van der Waals surface area (Å²) in [7, 11) is 4.08. The minimum Gasteiger partial charge on any atom is -0.489 e. The molecule has 6 nitrogen and oxygen atoms in total. The van der Waals surface area contributed by atoms with Crippen LogP contribution in [0.15, 0.2) is 47.0 Å². The standard InChI is InChI=1S/C21H26N4O2/c1-15(21-23-19-6-4-5-7-20(19)27-21)25-11-9-18(14-25)26-17-8-10-22-16(12-17)13-24(2)3/h4-8,10,12,15,18H,9,11,13-14H2,1-3H3. The Morgan fingerprint density at radius 3 is 2.96 bits per heavy atom. The Morgan fingerprint density at radius 1 is 1.30 bits per heavy atom. The number of benzene rings is 1. The van der Waals surface area contributed by atoms with Crippen molar-refractivity contribution in [3.8, 4) is 5.75 Å². The van der Waals surface area contributed by atoms with Gasteiger partial charge in [0, 0.05) is 31.9 Å². The molecule has 0 N–H and O–H groups in total. The maximum absolute atomic E-state index is 6.22. The minimum atomic E-state index is 0.132. The molecule has 3 aromatic rings. The Kier molecular flexibility index (Phi) is 5.09.